The van der Waals surface area contributed by atoms with Crippen LogP contribution in [0.2, 0.25) is 5.02 Å². The molecule has 0 aliphatic carbocycles. The molecule has 0 spiro atoms. The summed E-state index contributed by atoms with van der Waals surface area (Å²) >= 11 is 5.52. The van der Waals surface area contributed by atoms with Crippen LogP contribution in [-0.4, -0.2) is 18.5 Å². The summed E-state index contributed by atoms with van der Waals surface area (Å²) in [6.07, 6.45) is -1.44. The first kappa shape index (κ1) is 16.1. The van der Waals surface area contributed by atoms with Crippen LogP contribution < -0.4 is 10.6 Å². The fourth-order valence-corrected chi connectivity index (χ4v) is 2.58. The number of alkyl halides is 3. The van der Waals surface area contributed by atoms with Gasteiger partial charge in [0.2, 0.25) is 5.91 Å². The minimum Gasteiger partial charge on any atom is -0.326 e. The average Bonchev–Trinajstić information content (AvgIpc) is 2.90. The molecular weight excluding hydrogens is 305 g/mol. The lowest BCUT2D eigenvalue weighted by atomic mass is 10.1. The Hall–Kier alpha value is -1.27. The standard InChI is InChI=1S/C14H16ClF3N2O/c15-12-5-3-10(8-11(12)14(16,17)18)20-13(21)6-4-9-2-1-7-19-9/h3,5,8-9,19H,1-2,4,6-7H2,(H,20,21). The molecule has 1 atom stereocenters. The molecule has 1 fully saturated rings. The Morgan fingerprint density at radius 3 is 2.81 bits per heavy atom. The lowest BCUT2D eigenvalue weighted by Crippen LogP contribution is -2.23. The molecule has 21 heavy (non-hydrogen) atoms. The summed E-state index contributed by atoms with van der Waals surface area (Å²) < 4.78 is 38.1. The number of carbonyl (C=O) groups excluding carboxylic acids is 1. The Balaban J connectivity index is 1.94. The Bertz CT molecular complexity index is 513. The zero-order valence-electron chi connectivity index (χ0n) is 11.3. The van der Waals surface area contributed by atoms with Crippen molar-refractivity contribution in [3.63, 3.8) is 0 Å². The van der Waals surface area contributed by atoms with E-state index in [-0.39, 0.29) is 23.0 Å². The molecule has 1 amide bonds. The molecule has 0 saturated carbocycles. The number of hydrogen-bond donors (Lipinski definition) is 2. The van der Waals surface area contributed by atoms with E-state index in [1.54, 1.807) is 0 Å². The minimum absolute atomic E-state index is 0.108. The van der Waals surface area contributed by atoms with Gasteiger partial charge in [0.1, 0.15) is 0 Å². The van der Waals surface area contributed by atoms with Gasteiger partial charge in [-0.1, -0.05) is 11.6 Å². The maximum Gasteiger partial charge on any atom is 0.417 e. The van der Waals surface area contributed by atoms with Crippen molar-refractivity contribution in [1.82, 2.24) is 5.32 Å². The first-order valence-corrected chi connectivity index (χ1v) is 7.14. The van der Waals surface area contributed by atoms with Crippen LogP contribution in [0.15, 0.2) is 18.2 Å². The van der Waals surface area contributed by atoms with Crippen molar-refractivity contribution in [1.29, 1.82) is 0 Å². The fraction of sp³-hybridized carbons (Fsp3) is 0.500. The molecule has 2 rings (SSSR count). The summed E-state index contributed by atoms with van der Waals surface area (Å²) in [5, 5.41) is 5.37. The quantitative estimate of drug-likeness (QED) is 0.885. The van der Waals surface area contributed by atoms with E-state index in [4.69, 9.17) is 11.6 Å². The number of nitrogens with one attached hydrogen (secondary N) is 2. The van der Waals surface area contributed by atoms with E-state index in [9.17, 15) is 18.0 Å². The molecule has 116 valence electrons. The van der Waals surface area contributed by atoms with Crippen molar-refractivity contribution in [3.8, 4) is 0 Å². The van der Waals surface area contributed by atoms with Crippen LogP contribution in [0.5, 0.6) is 0 Å². The van der Waals surface area contributed by atoms with Crippen molar-refractivity contribution >= 4 is 23.2 Å². The molecule has 1 aromatic carbocycles. The van der Waals surface area contributed by atoms with Gasteiger partial charge in [0, 0.05) is 18.2 Å². The number of benzene rings is 1. The van der Waals surface area contributed by atoms with Crippen LogP contribution in [-0.2, 0) is 11.0 Å². The van der Waals surface area contributed by atoms with Crippen LogP contribution in [0, 0.1) is 0 Å². The second kappa shape index (κ2) is 6.66. The van der Waals surface area contributed by atoms with Gasteiger partial charge in [-0.05, 0) is 44.0 Å². The van der Waals surface area contributed by atoms with E-state index >= 15 is 0 Å². The highest BCUT2D eigenvalue weighted by Gasteiger charge is 2.33. The third-order valence-corrected chi connectivity index (χ3v) is 3.77. The van der Waals surface area contributed by atoms with Crippen molar-refractivity contribution in [2.75, 3.05) is 11.9 Å². The first-order valence-electron chi connectivity index (χ1n) is 6.76. The minimum atomic E-state index is -4.54. The molecule has 3 nitrogen and oxygen atoms in total. The van der Waals surface area contributed by atoms with Crippen molar-refractivity contribution in [2.45, 2.75) is 37.9 Å². The number of rotatable bonds is 4. The second-order valence-corrected chi connectivity index (χ2v) is 5.48. The van der Waals surface area contributed by atoms with Crippen molar-refractivity contribution in [3.05, 3.63) is 28.8 Å². The Morgan fingerprint density at radius 1 is 1.43 bits per heavy atom. The Kier molecular flexibility index (Phi) is 5.11. The van der Waals surface area contributed by atoms with Gasteiger partial charge in [0.25, 0.3) is 0 Å². The highest BCUT2D eigenvalue weighted by Crippen LogP contribution is 2.36. The number of anilines is 1. The molecule has 0 radical (unpaired) electrons. The summed E-state index contributed by atoms with van der Waals surface area (Å²) in [5.41, 5.74) is -0.837. The molecule has 1 aliphatic heterocycles. The normalized spacial score (nSPS) is 18.8. The molecule has 1 aromatic rings. The van der Waals surface area contributed by atoms with Crippen LogP contribution in [0.1, 0.15) is 31.2 Å². The maximum absolute atomic E-state index is 12.7. The third-order valence-electron chi connectivity index (χ3n) is 3.44. The Labute approximate surface area is 125 Å². The first-order chi connectivity index (χ1) is 9.86. The van der Waals surface area contributed by atoms with Gasteiger partial charge in [-0.25, -0.2) is 0 Å². The fourth-order valence-electron chi connectivity index (χ4n) is 2.35. The van der Waals surface area contributed by atoms with Crippen LogP contribution in [0.3, 0.4) is 0 Å². The molecule has 0 aromatic heterocycles. The van der Waals surface area contributed by atoms with E-state index in [0.717, 1.165) is 31.5 Å². The van der Waals surface area contributed by atoms with Gasteiger partial charge in [-0.15, -0.1) is 0 Å². The summed E-state index contributed by atoms with van der Waals surface area (Å²) in [6, 6.07) is 3.68. The highest BCUT2D eigenvalue weighted by molar-refractivity contribution is 6.31. The largest absolute Gasteiger partial charge is 0.417 e. The van der Waals surface area contributed by atoms with Crippen LogP contribution >= 0.6 is 11.6 Å². The van der Waals surface area contributed by atoms with E-state index in [1.165, 1.54) is 6.07 Å². The summed E-state index contributed by atoms with van der Waals surface area (Å²) in [6.45, 7) is 0.957. The molecular formula is C14H16ClF3N2O. The molecule has 1 heterocycles. The lowest BCUT2D eigenvalue weighted by molar-refractivity contribution is -0.137. The predicted molar refractivity (Wildman–Crippen MR) is 75.3 cm³/mol. The van der Waals surface area contributed by atoms with Gasteiger partial charge >= 0.3 is 6.18 Å². The average molecular weight is 321 g/mol. The number of halogens is 4. The zero-order valence-corrected chi connectivity index (χ0v) is 12.0. The van der Waals surface area contributed by atoms with Gasteiger partial charge in [0.15, 0.2) is 0 Å². The van der Waals surface area contributed by atoms with Crippen LogP contribution in [0.4, 0.5) is 18.9 Å². The molecule has 7 heteroatoms. The number of amides is 1. The summed E-state index contributed by atoms with van der Waals surface area (Å²) in [5.74, 6) is -0.292. The van der Waals surface area contributed by atoms with Crippen LogP contribution in [0.25, 0.3) is 0 Å². The number of carbonyl (C=O) groups is 1. The van der Waals surface area contributed by atoms with Crippen molar-refractivity contribution in [2.24, 2.45) is 0 Å². The lowest BCUT2D eigenvalue weighted by Gasteiger charge is -2.13. The number of hydrogen-bond acceptors (Lipinski definition) is 2. The van der Waals surface area contributed by atoms with Crippen molar-refractivity contribution < 1.29 is 18.0 Å². The van der Waals surface area contributed by atoms with Gasteiger partial charge in [-0.2, -0.15) is 13.2 Å². The monoisotopic (exact) mass is 320 g/mol. The summed E-state index contributed by atoms with van der Waals surface area (Å²) in [7, 11) is 0. The summed E-state index contributed by atoms with van der Waals surface area (Å²) in [4.78, 5) is 11.8. The molecule has 1 aliphatic rings. The van der Waals surface area contributed by atoms with E-state index in [2.05, 4.69) is 10.6 Å². The third kappa shape index (κ3) is 4.61. The second-order valence-electron chi connectivity index (χ2n) is 5.07. The highest BCUT2D eigenvalue weighted by atomic mass is 35.5. The molecule has 0 bridgehead atoms. The molecule has 2 N–H and O–H groups in total. The molecule has 1 unspecified atom stereocenters. The topological polar surface area (TPSA) is 41.1 Å². The zero-order chi connectivity index (χ0) is 15.5. The molecule has 1 saturated heterocycles. The SMILES string of the molecule is O=C(CCC1CCCN1)Nc1ccc(Cl)c(C(F)(F)F)c1. The van der Waals surface area contributed by atoms with E-state index in [0.29, 0.717) is 12.5 Å². The van der Waals surface area contributed by atoms with Gasteiger partial charge in [-0.3, -0.25) is 4.79 Å². The van der Waals surface area contributed by atoms with E-state index in [1.807, 2.05) is 0 Å². The maximum atomic E-state index is 12.7. The van der Waals surface area contributed by atoms with Gasteiger partial charge < -0.3 is 10.6 Å². The predicted octanol–water partition coefficient (Wildman–Crippen LogP) is 3.83. The Morgan fingerprint density at radius 2 is 2.19 bits per heavy atom. The van der Waals surface area contributed by atoms with E-state index < -0.39 is 11.7 Å². The smallest absolute Gasteiger partial charge is 0.326 e. The van der Waals surface area contributed by atoms with Gasteiger partial charge in [0.05, 0.1) is 10.6 Å².